The summed E-state index contributed by atoms with van der Waals surface area (Å²) in [5, 5.41) is 0. The van der Waals surface area contributed by atoms with E-state index in [1.54, 1.807) is 6.20 Å². The van der Waals surface area contributed by atoms with Gasteiger partial charge in [-0.25, -0.2) is 0 Å². The Morgan fingerprint density at radius 1 is 0.810 bits per heavy atom. The van der Waals surface area contributed by atoms with Crippen molar-refractivity contribution in [1.29, 1.82) is 0 Å². The number of aryl methyl sites for hydroxylation is 1. The van der Waals surface area contributed by atoms with Crippen molar-refractivity contribution < 1.29 is 0 Å². The average Bonchev–Trinajstić information content (AvgIpc) is 2.59. The molecule has 2 aromatic rings. The monoisotopic (exact) mass is 289 g/mol. The van der Waals surface area contributed by atoms with Gasteiger partial charge in [-0.1, -0.05) is 71.0 Å². The first kappa shape index (κ1) is 21.5. The Hall–Kier alpha value is -1.83. The van der Waals surface area contributed by atoms with Gasteiger partial charge in [0.05, 0.1) is 0 Å². The summed E-state index contributed by atoms with van der Waals surface area (Å²) in [5.41, 5.74) is 3.21. The lowest BCUT2D eigenvalue weighted by molar-refractivity contribution is 1.03. The van der Waals surface area contributed by atoms with Crippen LogP contribution in [0.15, 0.2) is 47.4 Å². The minimum Gasteiger partial charge on any atom is -0.329 e. The Morgan fingerprint density at radius 3 is 1.52 bits per heavy atom. The topological polar surface area (TPSA) is 32.9 Å². The molecule has 118 valence electrons. The molecule has 0 fully saturated rings. The molecule has 2 nitrogen and oxygen atoms in total. The highest BCUT2D eigenvalue weighted by Crippen LogP contribution is 2.07. The van der Waals surface area contributed by atoms with E-state index in [-0.39, 0.29) is 5.56 Å². The Kier molecular flexibility index (Phi) is 14.9. The Labute approximate surface area is 130 Å². The van der Waals surface area contributed by atoms with Crippen LogP contribution >= 0.6 is 0 Å². The van der Waals surface area contributed by atoms with E-state index in [9.17, 15) is 4.79 Å². The number of H-pyrrole nitrogens is 1. The summed E-state index contributed by atoms with van der Waals surface area (Å²) < 4.78 is 0. The van der Waals surface area contributed by atoms with Crippen LogP contribution in [0.1, 0.15) is 51.3 Å². The van der Waals surface area contributed by atoms with Gasteiger partial charge >= 0.3 is 0 Å². The zero-order valence-electron chi connectivity index (χ0n) is 14.7. The van der Waals surface area contributed by atoms with Crippen LogP contribution in [0.5, 0.6) is 0 Å². The second-order valence-corrected chi connectivity index (χ2v) is 3.90. The molecule has 2 heteroatoms. The van der Waals surface area contributed by atoms with Gasteiger partial charge in [0.2, 0.25) is 0 Å². The summed E-state index contributed by atoms with van der Waals surface area (Å²) >= 11 is 0. The molecule has 1 heterocycles. The summed E-state index contributed by atoms with van der Waals surface area (Å²) in [7, 11) is 0. The zero-order valence-corrected chi connectivity index (χ0v) is 14.7. The molecule has 0 aliphatic carbocycles. The zero-order chi connectivity index (χ0) is 16.7. The van der Waals surface area contributed by atoms with Crippen LogP contribution in [0.2, 0.25) is 0 Å². The van der Waals surface area contributed by atoms with Gasteiger partial charge < -0.3 is 4.98 Å². The van der Waals surface area contributed by atoms with E-state index in [1.807, 2.05) is 77.9 Å². The van der Waals surface area contributed by atoms with Crippen molar-refractivity contribution in [2.45, 2.75) is 54.9 Å². The second kappa shape index (κ2) is 14.6. The molecule has 0 aliphatic rings. The molecule has 1 aromatic carbocycles. The fourth-order valence-electron chi connectivity index (χ4n) is 1.53. The first-order valence-electron chi connectivity index (χ1n) is 7.84. The van der Waals surface area contributed by atoms with Crippen LogP contribution < -0.4 is 5.56 Å². The van der Waals surface area contributed by atoms with Crippen LogP contribution in [-0.2, 0) is 6.42 Å². The van der Waals surface area contributed by atoms with E-state index in [2.05, 4.69) is 11.9 Å². The van der Waals surface area contributed by atoms with Gasteiger partial charge in [-0.3, -0.25) is 4.79 Å². The fraction of sp³-hybridized carbons (Fsp3) is 0.421. The largest absolute Gasteiger partial charge is 0.329 e. The average molecular weight is 289 g/mol. The van der Waals surface area contributed by atoms with Crippen molar-refractivity contribution in [2.75, 3.05) is 0 Å². The first-order valence-corrected chi connectivity index (χ1v) is 7.84. The van der Waals surface area contributed by atoms with Gasteiger partial charge in [-0.15, -0.1) is 0 Å². The second-order valence-electron chi connectivity index (χ2n) is 3.90. The minimum absolute atomic E-state index is 0.0275. The number of aromatic nitrogens is 1. The van der Waals surface area contributed by atoms with Crippen molar-refractivity contribution in [3.05, 3.63) is 69.6 Å². The lowest BCUT2D eigenvalue weighted by Crippen LogP contribution is -2.12. The van der Waals surface area contributed by atoms with Crippen LogP contribution in [0.25, 0.3) is 0 Å². The van der Waals surface area contributed by atoms with Gasteiger partial charge in [0.1, 0.15) is 0 Å². The molecule has 1 N–H and O–H groups in total. The van der Waals surface area contributed by atoms with Gasteiger partial charge in [-0.05, 0) is 31.4 Å². The van der Waals surface area contributed by atoms with Crippen LogP contribution in [-0.4, -0.2) is 4.98 Å². The van der Waals surface area contributed by atoms with E-state index in [0.29, 0.717) is 0 Å². The van der Waals surface area contributed by atoms with E-state index >= 15 is 0 Å². The van der Waals surface area contributed by atoms with Gasteiger partial charge in [0.25, 0.3) is 5.56 Å². The summed E-state index contributed by atoms with van der Waals surface area (Å²) in [4.78, 5) is 13.8. The normalized spacial score (nSPS) is 8.14. The van der Waals surface area contributed by atoms with E-state index in [1.165, 1.54) is 5.56 Å². The highest BCUT2D eigenvalue weighted by Gasteiger charge is 2.01. The van der Waals surface area contributed by atoms with Crippen molar-refractivity contribution in [2.24, 2.45) is 0 Å². The summed E-state index contributed by atoms with van der Waals surface area (Å²) in [6.07, 6.45) is 2.77. The molecular formula is C19H31NO. The number of pyridine rings is 1. The van der Waals surface area contributed by atoms with Crippen LogP contribution in [0, 0.1) is 13.8 Å². The molecule has 0 radical (unpaired) electrons. The van der Waals surface area contributed by atoms with Gasteiger partial charge in [0, 0.05) is 11.8 Å². The molecule has 0 bridgehead atoms. The predicted octanol–water partition coefficient (Wildman–Crippen LogP) is 5.29. The van der Waals surface area contributed by atoms with E-state index in [4.69, 9.17) is 0 Å². The Bertz CT molecular complexity index is 474. The molecule has 1 aromatic heterocycles. The Morgan fingerprint density at radius 2 is 1.19 bits per heavy atom. The highest BCUT2D eigenvalue weighted by molar-refractivity contribution is 5.29. The maximum Gasteiger partial charge on any atom is 0.251 e. The number of hydrogen-bond acceptors (Lipinski definition) is 1. The maximum absolute atomic E-state index is 11.1. The molecule has 0 aliphatic heterocycles. The van der Waals surface area contributed by atoms with Gasteiger partial charge in [-0.2, -0.15) is 0 Å². The third kappa shape index (κ3) is 8.85. The number of rotatable bonds is 1. The molecule has 0 atom stereocenters. The summed E-state index contributed by atoms with van der Waals surface area (Å²) in [6, 6.07) is 12.0. The SMILES string of the molecule is CC.CC.CCc1c[nH]c(=O)c(C)c1C.c1ccccc1. The molecule has 21 heavy (non-hydrogen) atoms. The summed E-state index contributed by atoms with van der Waals surface area (Å²) in [5.74, 6) is 0. The number of hydrogen-bond donors (Lipinski definition) is 1. The van der Waals surface area contributed by atoms with E-state index < -0.39 is 0 Å². The summed E-state index contributed by atoms with van der Waals surface area (Å²) in [6.45, 7) is 13.9. The van der Waals surface area contributed by atoms with Crippen molar-refractivity contribution in [3.8, 4) is 0 Å². The fourth-order valence-corrected chi connectivity index (χ4v) is 1.53. The minimum atomic E-state index is 0.0275. The number of benzene rings is 1. The van der Waals surface area contributed by atoms with Crippen LogP contribution in [0.3, 0.4) is 0 Å². The molecule has 0 spiro atoms. The lowest BCUT2D eigenvalue weighted by Gasteiger charge is -2.03. The van der Waals surface area contributed by atoms with Crippen molar-refractivity contribution in [3.63, 3.8) is 0 Å². The quantitative estimate of drug-likeness (QED) is 0.760. The molecule has 0 saturated heterocycles. The van der Waals surface area contributed by atoms with Crippen molar-refractivity contribution >= 4 is 0 Å². The van der Waals surface area contributed by atoms with E-state index in [0.717, 1.165) is 17.5 Å². The number of nitrogens with one attached hydrogen (secondary N) is 1. The third-order valence-electron chi connectivity index (χ3n) is 2.81. The Balaban J connectivity index is 0. The number of aromatic amines is 1. The molecule has 2 rings (SSSR count). The first-order chi connectivity index (χ1) is 10.2. The predicted molar refractivity (Wildman–Crippen MR) is 95.1 cm³/mol. The molecule has 0 saturated carbocycles. The van der Waals surface area contributed by atoms with Crippen LogP contribution in [0.4, 0.5) is 0 Å². The maximum atomic E-state index is 11.1. The highest BCUT2D eigenvalue weighted by atomic mass is 16.1. The lowest BCUT2D eigenvalue weighted by atomic mass is 10.1. The molecule has 0 amide bonds. The molecule has 0 unspecified atom stereocenters. The standard InChI is InChI=1S/C9H13NO.C6H6.2C2H6/c1-4-8-5-10-9(11)7(3)6(8)2;1-2-4-6-5-3-1;2*1-2/h5H,4H2,1-3H3,(H,10,11);1-6H;2*1-2H3. The van der Waals surface area contributed by atoms with Crippen molar-refractivity contribution in [1.82, 2.24) is 4.98 Å². The smallest absolute Gasteiger partial charge is 0.251 e. The molecular weight excluding hydrogens is 258 g/mol. The third-order valence-corrected chi connectivity index (χ3v) is 2.81. The van der Waals surface area contributed by atoms with Gasteiger partial charge in [0.15, 0.2) is 0 Å².